The normalized spacial score (nSPS) is 13.6. The highest BCUT2D eigenvalue weighted by atomic mass is 19.4. The van der Waals surface area contributed by atoms with E-state index in [-0.39, 0.29) is 12.3 Å². The van der Waals surface area contributed by atoms with Crippen LogP contribution in [0.5, 0.6) is 0 Å². The second-order valence-corrected chi connectivity index (χ2v) is 4.64. The van der Waals surface area contributed by atoms with Crippen LogP contribution < -0.4 is 5.32 Å². The first kappa shape index (κ1) is 16.7. The van der Waals surface area contributed by atoms with E-state index in [0.29, 0.717) is 0 Å². The van der Waals surface area contributed by atoms with Gasteiger partial charge in [0.15, 0.2) is 0 Å². The number of ether oxygens (including phenoxy) is 1. The highest BCUT2D eigenvalue weighted by Gasteiger charge is 2.41. The third kappa shape index (κ3) is 6.46. The van der Waals surface area contributed by atoms with Gasteiger partial charge in [-0.05, 0) is 26.2 Å². The zero-order valence-corrected chi connectivity index (χ0v) is 10.8. The third-order valence-electron chi connectivity index (χ3n) is 1.91. The van der Waals surface area contributed by atoms with Crippen LogP contribution in [-0.2, 0) is 14.3 Å². The standard InChI is InChI=1S/C11H18F3NO3/c1-6(2)5-8(9(16)18-7(3)4)15-10(17)11(12,13)14/h6-8H,5H2,1-4H3,(H,15,17)/t8-/m0/s1. The molecule has 0 heterocycles. The molecule has 0 saturated heterocycles. The van der Waals surface area contributed by atoms with E-state index in [1.54, 1.807) is 33.0 Å². The van der Waals surface area contributed by atoms with E-state index in [2.05, 4.69) is 0 Å². The van der Waals surface area contributed by atoms with E-state index in [1.165, 1.54) is 0 Å². The number of amides is 1. The molecule has 0 aromatic carbocycles. The van der Waals surface area contributed by atoms with Gasteiger partial charge in [0.2, 0.25) is 0 Å². The van der Waals surface area contributed by atoms with Crippen molar-refractivity contribution in [3.63, 3.8) is 0 Å². The van der Waals surface area contributed by atoms with E-state index in [9.17, 15) is 22.8 Å². The summed E-state index contributed by atoms with van der Waals surface area (Å²) in [4.78, 5) is 22.4. The Labute approximate surface area is 104 Å². The van der Waals surface area contributed by atoms with Crippen molar-refractivity contribution in [1.29, 1.82) is 0 Å². The second-order valence-electron chi connectivity index (χ2n) is 4.64. The highest BCUT2D eigenvalue weighted by molar-refractivity contribution is 5.87. The summed E-state index contributed by atoms with van der Waals surface area (Å²) in [6.45, 7) is 6.62. The zero-order chi connectivity index (χ0) is 14.5. The highest BCUT2D eigenvalue weighted by Crippen LogP contribution is 2.16. The van der Waals surface area contributed by atoms with Crippen LogP contribution in [0.3, 0.4) is 0 Å². The van der Waals surface area contributed by atoms with E-state index in [0.717, 1.165) is 0 Å². The van der Waals surface area contributed by atoms with Crippen molar-refractivity contribution in [3.05, 3.63) is 0 Å². The van der Waals surface area contributed by atoms with Crippen molar-refractivity contribution in [2.24, 2.45) is 5.92 Å². The van der Waals surface area contributed by atoms with Crippen molar-refractivity contribution < 1.29 is 27.5 Å². The number of alkyl halides is 3. The lowest BCUT2D eigenvalue weighted by atomic mass is 10.0. The van der Waals surface area contributed by atoms with Crippen molar-refractivity contribution in [2.45, 2.75) is 52.4 Å². The SMILES string of the molecule is CC(C)C[C@H](NC(=O)C(F)(F)F)C(=O)OC(C)C. The summed E-state index contributed by atoms with van der Waals surface area (Å²) in [6.07, 6.45) is -5.37. The molecule has 0 spiro atoms. The molecule has 0 aromatic rings. The van der Waals surface area contributed by atoms with Gasteiger partial charge in [0.05, 0.1) is 6.10 Å². The predicted molar refractivity (Wildman–Crippen MR) is 58.7 cm³/mol. The topological polar surface area (TPSA) is 55.4 Å². The molecule has 0 radical (unpaired) electrons. The molecule has 0 saturated carbocycles. The average Bonchev–Trinajstić information content (AvgIpc) is 2.12. The van der Waals surface area contributed by atoms with Crippen LogP contribution in [0.15, 0.2) is 0 Å². The Bertz CT molecular complexity index is 300. The molecule has 7 heteroatoms. The lowest BCUT2D eigenvalue weighted by molar-refractivity contribution is -0.176. The van der Waals surface area contributed by atoms with Crippen LogP contribution in [-0.4, -0.2) is 30.2 Å². The molecule has 1 N–H and O–H groups in total. The van der Waals surface area contributed by atoms with Crippen LogP contribution in [0.2, 0.25) is 0 Å². The van der Waals surface area contributed by atoms with Gasteiger partial charge in [-0.2, -0.15) is 13.2 Å². The molecule has 0 aliphatic heterocycles. The van der Waals surface area contributed by atoms with Crippen molar-refractivity contribution in [3.8, 4) is 0 Å². The third-order valence-corrected chi connectivity index (χ3v) is 1.91. The van der Waals surface area contributed by atoms with E-state index in [4.69, 9.17) is 4.74 Å². The van der Waals surface area contributed by atoms with E-state index in [1.807, 2.05) is 0 Å². The van der Waals surface area contributed by atoms with Crippen molar-refractivity contribution in [2.75, 3.05) is 0 Å². The zero-order valence-electron chi connectivity index (χ0n) is 10.8. The predicted octanol–water partition coefficient (Wildman–Crippen LogP) is 2.03. The Hall–Kier alpha value is -1.27. The maximum atomic E-state index is 12.1. The smallest absolute Gasteiger partial charge is 0.461 e. The molecule has 1 amide bonds. The van der Waals surface area contributed by atoms with E-state index >= 15 is 0 Å². The van der Waals surface area contributed by atoms with E-state index < -0.39 is 30.2 Å². The monoisotopic (exact) mass is 269 g/mol. The van der Waals surface area contributed by atoms with Gasteiger partial charge in [0, 0.05) is 0 Å². The summed E-state index contributed by atoms with van der Waals surface area (Å²) in [5.74, 6) is -3.03. The second kappa shape index (κ2) is 6.61. The summed E-state index contributed by atoms with van der Waals surface area (Å²) in [5.41, 5.74) is 0. The summed E-state index contributed by atoms with van der Waals surface area (Å²) < 4.78 is 41.1. The van der Waals surface area contributed by atoms with Gasteiger partial charge >= 0.3 is 18.1 Å². The number of esters is 1. The summed E-state index contributed by atoms with van der Waals surface area (Å²) >= 11 is 0. The number of halogens is 3. The Morgan fingerprint density at radius 1 is 1.17 bits per heavy atom. The first-order valence-electron chi connectivity index (χ1n) is 5.62. The van der Waals surface area contributed by atoms with Crippen LogP contribution in [0.4, 0.5) is 13.2 Å². The van der Waals surface area contributed by atoms with Crippen molar-refractivity contribution in [1.82, 2.24) is 5.32 Å². The van der Waals surface area contributed by atoms with Crippen LogP contribution in [0.25, 0.3) is 0 Å². The minimum absolute atomic E-state index is 0.0526. The fraction of sp³-hybridized carbons (Fsp3) is 0.818. The van der Waals surface area contributed by atoms with Gasteiger partial charge in [-0.3, -0.25) is 4.79 Å². The quantitative estimate of drug-likeness (QED) is 0.777. The lowest BCUT2D eigenvalue weighted by Gasteiger charge is -2.21. The van der Waals surface area contributed by atoms with Crippen LogP contribution in [0.1, 0.15) is 34.1 Å². The Morgan fingerprint density at radius 3 is 2.00 bits per heavy atom. The molecule has 0 fully saturated rings. The molecule has 0 unspecified atom stereocenters. The van der Waals surface area contributed by atoms with Gasteiger partial charge in [0.1, 0.15) is 6.04 Å². The number of hydrogen-bond donors (Lipinski definition) is 1. The lowest BCUT2D eigenvalue weighted by Crippen LogP contribution is -2.48. The molecule has 4 nitrogen and oxygen atoms in total. The molecule has 0 bridgehead atoms. The molecule has 0 aliphatic rings. The number of carbonyl (C=O) groups excluding carboxylic acids is 2. The maximum Gasteiger partial charge on any atom is 0.471 e. The summed E-state index contributed by atoms with van der Waals surface area (Å²) in [6, 6.07) is -1.28. The van der Waals surface area contributed by atoms with Gasteiger partial charge < -0.3 is 10.1 Å². The molecular formula is C11H18F3NO3. The fourth-order valence-electron chi connectivity index (χ4n) is 1.24. The fourth-order valence-corrected chi connectivity index (χ4v) is 1.24. The number of carbonyl (C=O) groups is 2. The summed E-state index contributed by atoms with van der Waals surface area (Å²) in [7, 11) is 0. The maximum absolute atomic E-state index is 12.1. The number of nitrogens with one attached hydrogen (secondary N) is 1. The molecule has 1 atom stereocenters. The summed E-state index contributed by atoms with van der Waals surface area (Å²) in [5, 5.41) is 1.65. The van der Waals surface area contributed by atoms with Gasteiger partial charge in [-0.1, -0.05) is 13.8 Å². The van der Waals surface area contributed by atoms with Crippen LogP contribution in [0, 0.1) is 5.92 Å². The molecule has 0 aromatic heterocycles. The van der Waals surface area contributed by atoms with Gasteiger partial charge in [-0.15, -0.1) is 0 Å². The van der Waals surface area contributed by atoms with Crippen LogP contribution >= 0.6 is 0 Å². The molecule has 0 rings (SSSR count). The number of hydrogen-bond acceptors (Lipinski definition) is 3. The number of rotatable bonds is 5. The van der Waals surface area contributed by atoms with Crippen molar-refractivity contribution >= 4 is 11.9 Å². The Balaban J connectivity index is 4.69. The first-order chi connectivity index (χ1) is 8.04. The first-order valence-corrected chi connectivity index (χ1v) is 5.62. The molecule has 18 heavy (non-hydrogen) atoms. The molecule has 0 aliphatic carbocycles. The minimum atomic E-state index is -5.01. The Kier molecular flexibility index (Phi) is 6.14. The largest absolute Gasteiger partial charge is 0.471 e. The van der Waals surface area contributed by atoms with Gasteiger partial charge in [-0.25, -0.2) is 4.79 Å². The van der Waals surface area contributed by atoms with Gasteiger partial charge in [0.25, 0.3) is 0 Å². The molecular weight excluding hydrogens is 251 g/mol. The average molecular weight is 269 g/mol. The minimum Gasteiger partial charge on any atom is -0.461 e. The molecule has 106 valence electrons. The Morgan fingerprint density at radius 2 is 1.67 bits per heavy atom.